The topological polar surface area (TPSA) is 118 Å². The Balaban J connectivity index is 1.20. The van der Waals surface area contributed by atoms with Crippen LogP contribution in [-0.4, -0.2) is 71.6 Å². The summed E-state index contributed by atoms with van der Waals surface area (Å²) in [5.74, 6) is -0.0803. The van der Waals surface area contributed by atoms with Crippen LogP contribution in [0.2, 0.25) is 5.02 Å². The van der Waals surface area contributed by atoms with Gasteiger partial charge >= 0.3 is 0 Å². The molecule has 3 atom stereocenters. The molecular weight excluding hydrogens is 518 g/mol. The van der Waals surface area contributed by atoms with Crippen LogP contribution in [0.3, 0.4) is 0 Å². The predicted octanol–water partition coefficient (Wildman–Crippen LogP) is 2.96. The van der Waals surface area contributed by atoms with Crippen molar-refractivity contribution in [1.82, 2.24) is 34.8 Å². The summed E-state index contributed by atoms with van der Waals surface area (Å²) in [6, 6.07) is 6.29. The molecule has 0 spiro atoms. The molecule has 11 heteroatoms. The van der Waals surface area contributed by atoms with Gasteiger partial charge in [0, 0.05) is 55.8 Å². The van der Waals surface area contributed by atoms with Crippen molar-refractivity contribution < 1.29 is 14.7 Å². The minimum atomic E-state index is -0.758. The van der Waals surface area contributed by atoms with Crippen LogP contribution in [-0.2, 0) is 22.6 Å². The Labute approximate surface area is 233 Å². The van der Waals surface area contributed by atoms with E-state index in [0.29, 0.717) is 30.5 Å². The van der Waals surface area contributed by atoms with Crippen LogP contribution in [0.15, 0.2) is 43.0 Å². The molecule has 1 aromatic carbocycles. The number of aromatic nitrogens is 5. The fourth-order valence-corrected chi connectivity index (χ4v) is 5.31. The number of rotatable bonds is 9. The molecule has 2 N–H and O–H groups in total. The second kappa shape index (κ2) is 11.1. The van der Waals surface area contributed by atoms with Crippen molar-refractivity contribution in [3.63, 3.8) is 0 Å². The Hall–Kier alpha value is -3.24. The van der Waals surface area contributed by atoms with Crippen molar-refractivity contribution in [3.05, 3.63) is 65.0 Å². The maximum Gasteiger partial charge on any atom is 0.248 e. The summed E-state index contributed by atoms with van der Waals surface area (Å²) >= 11 is 5.96. The molecule has 2 amide bonds. The number of likely N-dealkylation sites (tertiary alicyclic amines) is 1. The molecule has 3 aromatic rings. The van der Waals surface area contributed by atoms with Crippen molar-refractivity contribution in [3.8, 4) is 0 Å². The second-order valence-electron chi connectivity index (χ2n) is 11.8. The number of benzene rings is 1. The number of imidazole rings is 1. The lowest BCUT2D eigenvalue weighted by molar-refractivity contribution is -0.144. The van der Waals surface area contributed by atoms with Gasteiger partial charge in [-0.3, -0.25) is 9.59 Å². The smallest absolute Gasteiger partial charge is 0.248 e. The first-order valence-electron chi connectivity index (χ1n) is 13.5. The molecule has 0 unspecified atom stereocenters. The first kappa shape index (κ1) is 27.3. The van der Waals surface area contributed by atoms with Crippen molar-refractivity contribution in [2.75, 3.05) is 13.1 Å². The molecular formula is C28H36ClN7O3. The molecule has 1 aliphatic heterocycles. The van der Waals surface area contributed by atoms with Gasteiger partial charge in [-0.1, -0.05) is 49.7 Å². The highest BCUT2D eigenvalue weighted by molar-refractivity contribution is 6.30. The molecule has 10 nitrogen and oxygen atoms in total. The van der Waals surface area contributed by atoms with Gasteiger partial charge in [0.2, 0.25) is 11.8 Å². The maximum atomic E-state index is 13.8. The number of nitrogens with one attached hydrogen (secondary N) is 1. The summed E-state index contributed by atoms with van der Waals surface area (Å²) in [6.07, 6.45) is 7.77. The first-order chi connectivity index (χ1) is 18.6. The van der Waals surface area contributed by atoms with E-state index in [2.05, 4.69) is 20.6 Å². The van der Waals surface area contributed by atoms with E-state index in [0.717, 1.165) is 29.8 Å². The fraction of sp³-hybridized carbons (Fsp3) is 0.536. The van der Waals surface area contributed by atoms with Gasteiger partial charge in [0.25, 0.3) is 0 Å². The van der Waals surface area contributed by atoms with Crippen LogP contribution >= 0.6 is 11.6 Å². The Morgan fingerprint density at radius 2 is 1.92 bits per heavy atom. The van der Waals surface area contributed by atoms with Crippen molar-refractivity contribution >= 4 is 23.4 Å². The SMILES string of the molecule is CC(C)(C)[C@@H](C(=O)N1C[C@H](O)C[C@H]1C(=O)NCCc1cn(Cc2ccc(Cl)cc2)cn1)n1cc(C2CC2)nn1. The van der Waals surface area contributed by atoms with E-state index in [9.17, 15) is 14.7 Å². The zero-order chi connectivity index (χ0) is 27.7. The molecule has 1 saturated carbocycles. The summed E-state index contributed by atoms with van der Waals surface area (Å²) in [6.45, 7) is 7.09. The lowest BCUT2D eigenvalue weighted by Crippen LogP contribution is -2.50. The van der Waals surface area contributed by atoms with Gasteiger partial charge in [-0.05, 0) is 36.0 Å². The minimum Gasteiger partial charge on any atom is -0.391 e. The highest BCUT2D eigenvalue weighted by Crippen LogP contribution is 2.40. The number of carbonyl (C=O) groups is 2. The van der Waals surface area contributed by atoms with Crippen LogP contribution in [0.5, 0.6) is 0 Å². The number of nitrogens with zero attached hydrogens (tertiary/aromatic N) is 6. The molecule has 39 heavy (non-hydrogen) atoms. The highest BCUT2D eigenvalue weighted by Gasteiger charge is 2.45. The van der Waals surface area contributed by atoms with Gasteiger partial charge in [-0.2, -0.15) is 0 Å². The van der Waals surface area contributed by atoms with Crippen molar-refractivity contribution in [2.45, 2.75) is 77.1 Å². The Bertz CT molecular complexity index is 1310. The molecule has 208 valence electrons. The first-order valence-corrected chi connectivity index (χ1v) is 13.9. The number of hydrogen-bond donors (Lipinski definition) is 2. The van der Waals surface area contributed by atoms with Crippen LogP contribution in [0.1, 0.15) is 68.9 Å². The molecule has 1 saturated heterocycles. The number of amides is 2. The number of β-amino-alcohol motifs (C(OH)–C–C–N with tert-alkyl or cyclic N) is 1. The average Bonchev–Trinajstić information content (AvgIpc) is 3.25. The Morgan fingerprint density at radius 1 is 1.18 bits per heavy atom. The van der Waals surface area contributed by atoms with Crippen LogP contribution in [0.25, 0.3) is 0 Å². The molecule has 0 bridgehead atoms. The normalized spacial score (nSPS) is 20.3. The molecule has 1 aliphatic carbocycles. The van der Waals surface area contributed by atoms with Gasteiger partial charge in [0.15, 0.2) is 0 Å². The standard InChI is InChI=1S/C28H36ClN7O3/c1-28(2,3)25(36-16-23(32-33-36)19-6-7-19)27(39)35-15-22(37)12-24(35)26(38)30-11-10-21-14-34(17-31-21)13-18-4-8-20(29)9-5-18/h4-5,8-9,14,16-17,19,22,24-25,37H,6-7,10-13,15H2,1-3H3,(H,30,38)/t22-,24+,25-/m1/s1. The summed E-state index contributed by atoms with van der Waals surface area (Å²) in [5.41, 5.74) is 2.41. The summed E-state index contributed by atoms with van der Waals surface area (Å²) in [5, 5.41) is 22.6. The number of aliphatic hydroxyl groups excluding tert-OH is 1. The zero-order valence-corrected chi connectivity index (χ0v) is 23.4. The maximum absolute atomic E-state index is 13.8. The zero-order valence-electron chi connectivity index (χ0n) is 22.6. The summed E-state index contributed by atoms with van der Waals surface area (Å²) in [4.78, 5) is 33.0. The van der Waals surface area contributed by atoms with Gasteiger partial charge < -0.3 is 19.9 Å². The highest BCUT2D eigenvalue weighted by atomic mass is 35.5. The van der Waals surface area contributed by atoms with E-state index in [1.54, 1.807) is 11.0 Å². The lowest BCUT2D eigenvalue weighted by atomic mass is 9.85. The lowest BCUT2D eigenvalue weighted by Gasteiger charge is -2.34. The molecule has 0 radical (unpaired) electrons. The predicted molar refractivity (Wildman–Crippen MR) is 146 cm³/mol. The van der Waals surface area contributed by atoms with E-state index in [4.69, 9.17) is 11.6 Å². The summed E-state index contributed by atoms with van der Waals surface area (Å²) < 4.78 is 3.62. The molecule has 3 heterocycles. The van der Waals surface area contributed by atoms with E-state index >= 15 is 0 Å². The molecule has 5 rings (SSSR count). The third-order valence-electron chi connectivity index (χ3n) is 7.35. The third kappa shape index (κ3) is 6.50. The van der Waals surface area contributed by atoms with Gasteiger partial charge in [-0.25, -0.2) is 9.67 Å². The van der Waals surface area contributed by atoms with E-state index in [-0.39, 0.29) is 24.8 Å². The van der Waals surface area contributed by atoms with Gasteiger partial charge in [0.1, 0.15) is 12.1 Å². The van der Waals surface area contributed by atoms with Gasteiger partial charge in [0.05, 0.1) is 23.8 Å². The van der Waals surface area contributed by atoms with Crippen LogP contribution in [0.4, 0.5) is 0 Å². The van der Waals surface area contributed by atoms with Crippen molar-refractivity contribution in [1.29, 1.82) is 0 Å². The third-order valence-corrected chi connectivity index (χ3v) is 7.60. The van der Waals surface area contributed by atoms with Crippen LogP contribution < -0.4 is 5.32 Å². The minimum absolute atomic E-state index is 0.114. The quantitative estimate of drug-likeness (QED) is 0.420. The number of carbonyl (C=O) groups excluding carboxylic acids is 2. The monoisotopic (exact) mass is 553 g/mol. The van der Waals surface area contributed by atoms with Crippen molar-refractivity contribution in [2.24, 2.45) is 5.41 Å². The van der Waals surface area contributed by atoms with E-state index in [1.807, 2.05) is 62.0 Å². The van der Waals surface area contributed by atoms with E-state index in [1.165, 1.54) is 4.90 Å². The molecule has 2 fully saturated rings. The second-order valence-corrected chi connectivity index (χ2v) is 12.2. The molecule has 2 aliphatic rings. The average molecular weight is 554 g/mol. The Morgan fingerprint density at radius 3 is 2.62 bits per heavy atom. The van der Waals surface area contributed by atoms with E-state index < -0.39 is 23.6 Å². The number of halogens is 1. The number of hydrogen-bond acceptors (Lipinski definition) is 6. The Kier molecular flexibility index (Phi) is 7.77. The fourth-order valence-electron chi connectivity index (χ4n) is 5.18. The number of aliphatic hydroxyl groups is 1. The summed E-state index contributed by atoms with van der Waals surface area (Å²) in [7, 11) is 0. The molecule has 2 aromatic heterocycles. The van der Waals surface area contributed by atoms with Gasteiger partial charge in [-0.15, -0.1) is 5.10 Å². The van der Waals surface area contributed by atoms with Crippen LogP contribution in [0, 0.1) is 5.41 Å². The largest absolute Gasteiger partial charge is 0.391 e.